The van der Waals surface area contributed by atoms with Gasteiger partial charge in [0.15, 0.2) is 5.82 Å². The zero-order valence-corrected chi connectivity index (χ0v) is 26.5. The van der Waals surface area contributed by atoms with E-state index in [1.807, 2.05) is 19.2 Å². The molecule has 46 heavy (non-hydrogen) atoms. The van der Waals surface area contributed by atoms with Gasteiger partial charge in [-0.25, -0.2) is 9.97 Å². The van der Waals surface area contributed by atoms with E-state index in [9.17, 15) is 9.59 Å². The van der Waals surface area contributed by atoms with Crippen LogP contribution in [0, 0.1) is 17.8 Å². The average molecular weight is 615 g/mol. The molecule has 5 heterocycles. The van der Waals surface area contributed by atoms with Crippen LogP contribution in [0.4, 0.5) is 0 Å². The Labute approximate surface area is 267 Å². The van der Waals surface area contributed by atoms with Crippen LogP contribution in [-0.4, -0.2) is 55.5 Å². The molecule has 234 valence electrons. The van der Waals surface area contributed by atoms with E-state index in [0.29, 0.717) is 41.5 Å². The largest absolute Gasteiger partial charge is 0.494 e. The summed E-state index contributed by atoms with van der Waals surface area (Å²) in [6.07, 6.45) is 5.30. The van der Waals surface area contributed by atoms with Crippen molar-refractivity contribution in [2.45, 2.75) is 57.7 Å². The first kappa shape index (κ1) is 27.6. The van der Waals surface area contributed by atoms with Crippen LogP contribution >= 0.6 is 0 Å². The van der Waals surface area contributed by atoms with E-state index < -0.39 is 0 Å². The molecular weight excluding hydrogens is 576 g/mol. The van der Waals surface area contributed by atoms with E-state index in [4.69, 9.17) is 14.7 Å². The third kappa shape index (κ3) is 4.27. The van der Waals surface area contributed by atoms with Crippen molar-refractivity contribution in [2.24, 2.45) is 24.8 Å². The number of nitrogens with one attached hydrogen (secondary N) is 1. The summed E-state index contributed by atoms with van der Waals surface area (Å²) in [7, 11) is 3.69. The molecule has 2 saturated heterocycles. The molecule has 2 bridgehead atoms. The number of amides is 2. The number of rotatable bonds is 7. The Balaban J connectivity index is 1.11. The number of nitrogens with zero attached hydrogens (tertiary/aromatic N) is 5. The second kappa shape index (κ2) is 10.2. The number of imidazole rings is 1. The molecule has 3 aromatic heterocycles. The van der Waals surface area contributed by atoms with E-state index in [0.717, 1.165) is 69.9 Å². The molecule has 3 unspecified atom stereocenters. The number of benzene rings is 2. The van der Waals surface area contributed by atoms with Gasteiger partial charge in [-0.15, -0.1) is 0 Å². The van der Waals surface area contributed by atoms with Crippen molar-refractivity contribution in [2.75, 3.05) is 13.7 Å². The second-order valence-corrected chi connectivity index (χ2v) is 13.9. The number of methoxy groups -OCH3 is 1. The van der Waals surface area contributed by atoms with Crippen molar-refractivity contribution in [3.05, 3.63) is 65.7 Å². The fraction of sp³-hybridized carbons (Fsp3) is 0.405. The number of piperidine rings is 1. The van der Waals surface area contributed by atoms with Crippen LogP contribution in [0.15, 0.2) is 54.6 Å². The second-order valence-electron chi connectivity index (χ2n) is 13.9. The topological polar surface area (TPSA) is 94.3 Å². The fourth-order valence-electron chi connectivity index (χ4n) is 8.19. The van der Waals surface area contributed by atoms with Gasteiger partial charge in [0.1, 0.15) is 16.9 Å². The Morgan fingerprint density at radius 1 is 1.02 bits per heavy atom. The Hall–Kier alpha value is -4.66. The number of pyridine rings is 1. The average Bonchev–Trinajstić information content (AvgIpc) is 3.46. The molecule has 2 aliphatic carbocycles. The highest BCUT2D eigenvalue weighted by atomic mass is 16.5. The minimum atomic E-state index is 0.0801. The van der Waals surface area contributed by atoms with Crippen LogP contribution in [0.5, 0.6) is 5.75 Å². The smallest absolute Gasteiger partial charge is 0.254 e. The molecule has 2 aromatic carbocycles. The van der Waals surface area contributed by atoms with Gasteiger partial charge in [0.05, 0.1) is 36.5 Å². The molecule has 5 aromatic rings. The molecule has 4 aliphatic rings. The number of likely N-dealkylation sites (tertiary alicyclic amines) is 1. The summed E-state index contributed by atoms with van der Waals surface area (Å²) in [5, 5.41) is 4.02. The summed E-state index contributed by atoms with van der Waals surface area (Å²) >= 11 is 0. The maximum Gasteiger partial charge on any atom is 0.254 e. The van der Waals surface area contributed by atoms with Crippen LogP contribution < -0.4 is 10.1 Å². The van der Waals surface area contributed by atoms with Crippen molar-refractivity contribution < 1.29 is 14.3 Å². The number of hydrogen-bond acceptors (Lipinski definition) is 5. The molecule has 0 radical (unpaired) electrons. The lowest BCUT2D eigenvalue weighted by Crippen LogP contribution is -2.41. The molecule has 2 saturated carbocycles. The van der Waals surface area contributed by atoms with Gasteiger partial charge in [0, 0.05) is 42.7 Å². The Morgan fingerprint density at radius 2 is 1.83 bits per heavy atom. The van der Waals surface area contributed by atoms with Gasteiger partial charge in [-0.05, 0) is 79.3 Å². The first-order valence-corrected chi connectivity index (χ1v) is 16.6. The molecule has 9 nitrogen and oxygen atoms in total. The molecule has 4 atom stereocenters. The van der Waals surface area contributed by atoms with Crippen LogP contribution in [0.1, 0.15) is 61.0 Å². The normalized spacial score (nSPS) is 23.7. The SMILES string of the molecule is COc1cc(C(=O)N2CC3CCC2[C@@H]3C)cc2nc(-c3cc4ccc(-c5ccc(C6CC(=O)N6)cc5)nc4n3CC3CC3)n(C)c12. The standard InChI is InChI=1S/C37H38N6O3/c1-20-25-11-13-30(20)43(19-25)37(45)26-14-29-34(32(16-26)46-3)41(2)36(40-29)31-15-24-10-12-27(39-35(24)42(31)18-21-4-5-21)22-6-8-23(9-7-22)28-17-33(44)38-28/h6-10,12,14-16,20-21,25,28,30H,4-5,11,13,17-19H2,1-3H3,(H,38,44)/t20-,25?,28?,30?/m1/s1. The number of β-lactam (4-membered cyclic amide) rings is 1. The van der Waals surface area contributed by atoms with Gasteiger partial charge in [0.2, 0.25) is 5.91 Å². The fourth-order valence-corrected chi connectivity index (χ4v) is 8.19. The van der Waals surface area contributed by atoms with Gasteiger partial charge in [0.25, 0.3) is 5.91 Å². The van der Waals surface area contributed by atoms with E-state index in [2.05, 4.69) is 68.7 Å². The van der Waals surface area contributed by atoms with Gasteiger partial charge >= 0.3 is 0 Å². The zero-order valence-electron chi connectivity index (χ0n) is 26.5. The van der Waals surface area contributed by atoms with E-state index in [-0.39, 0.29) is 17.9 Å². The third-order valence-electron chi connectivity index (χ3n) is 11.1. The number of carbonyl (C=O) groups excluding carboxylic acids is 2. The van der Waals surface area contributed by atoms with Crippen molar-refractivity contribution in [1.29, 1.82) is 0 Å². The minimum absolute atomic E-state index is 0.0801. The van der Waals surface area contributed by atoms with E-state index in [1.54, 1.807) is 7.11 Å². The number of hydrogen-bond donors (Lipinski definition) is 1. The van der Waals surface area contributed by atoms with E-state index in [1.165, 1.54) is 19.3 Å². The highest BCUT2D eigenvalue weighted by Crippen LogP contribution is 2.44. The first-order valence-electron chi connectivity index (χ1n) is 16.6. The van der Waals surface area contributed by atoms with Crippen molar-refractivity contribution in [3.63, 3.8) is 0 Å². The maximum atomic E-state index is 13.8. The van der Waals surface area contributed by atoms with Crippen LogP contribution in [0.25, 0.3) is 44.8 Å². The first-order chi connectivity index (χ1) is 22.4. The van der Waals surface area contributed by atoms with Crippen LogP contribution in [0.3, 0.4) is 0 Å². The predicted octanol–water partition coefficient (Wildman–Crippen LogP) is 6.11. The summed E-state index contributed by atoms with van der Waals surface area (Å²) in [6.45, 7) is 4.02. The van der Waals surface area contributed by atoms with Crippen molar-refractivity contribution >= 4 is 33.9 Å². The van der Waals surface area contributed by atoms with Gasteiger partial charge in [-0.2, -0.15) is 0 Å². The number of fused-ring (bicyclic) bond motifs is 4. The molecule has 4 fully saturated rings. The zero-order chi connectivity index (χ0) is 31.3. The molecule has 9 rings (SSSR count). The number of aromatic nitrogens is 4. The molecule has 9 heteroatoms. The number of ether oxygens (including phenoxy) is 1. The molecule has 1 N–H and O–H groups in total. The quantitative estimate of drug-likeness (QED) is 0.224. The third-order valence-corrected chi connectivity index (χ3v) is 11.1. The lowest BCUT2D eigenvalue weighted by molar-refractivity contribution is -0.128. The van der Waals surface area contributed by atoms with Gasteiger partial charge in [-0.1, -0.05) is 31.2 Å². The van der Waals surface area contributed by atoms with Crippen LogP contribution in [-0.2, 0) is 18.4 Å². The van der Waals surface area contributed by atoms with E-state index >= 15 is 0 Å². The van der Waals surface area contributed by atoms with Crippen molar-refractivity contribution in [1.82, 2.24) is 29.3 Å². The summed E-state index contributed by atoms with van der Waals surface area (Å²) in [5.41, 5.74) is 7.32. The lowest BCUT2D eigenvalue weighted by atomic mass is 9.96. The molecule has 2 amide bonds. The highest BCUT2D eigenvalue weighted by Gasteiger charge is 2.46. The lowest BCUT2D eigenvalue weighted by Gasteiger charge is -2.27. The molecular formula is C37H38N6O3. The molecule has 2 aliphatic heterocycles. The maximum absolute atomic E-state index is 13.8. The van der Waals surface area contributed by atoms with Crippen LogP contribution in [0.2, 0.25) is 0 Å². The summed E-state index contributed by atoms with van der Waals surface area (Å²) in [6, 6.07) is 19.0. The summed E-state index contributed by atoms with van der Waals surface area (Å²) in [5.74, 6) is 3.48. The van der Waals surface area contributed by atoms with Crippen molar-refractivity contribution in [3.8, 4) is 28.5 Å². The predicted molar refractivity (Wildman–Crippen MR) is 176 cm³/mol. The Kier molecular flexibility index (Phi) is 6.11. The number of aryl methyl sites for hydroxylation is 1. The Bertz CT molecular complexity index is 2050. The van der Waals surface area contributed by atoms with Gasteiger partial charge in [-0.3, -0.25) is 9.59 Å². The Morgan fingerprint density at radius 3 is 2.50 bits per heavy atom. The summed E-state index contributed by atoms with van der Waals surface area (Å²) < 4.78 is 10.3. The monoisotopic (exact) mass is 614 g/mol. The molecule has 0 spiro atoms. The minimum Gasteiger partial charge on any atom is -0.494 e. The highest BCUT2D eigenvalue weighted by molar-refractivity contribution is 6.00. The number of carbonyl (C=O) groups is 2. The van der Waals surface area contributed by atoms with Gasteiger partial charge < -0.3 is 24.1 Å². The summed E-state index contributed by atoms with van der Waals surface area (Å²) in [4.78, 5) is 37.6.